The van der Waals surface area contributed by atoms with E-state index >= 15 is 0 Å². The number of hydrogen-bond donors (Lipinski definition) is 0. The zero-order valence-corrected chi connectivity index (χ0v) is 11.1. The summed E-state index contributed by atoms with van der Waals surface area (Å²) in [6, 6.07) is 0. The molecule has 0 aromatic carbocycles. The van der Waals surface area contributed by atoms with E-state index < -0.39 is 0 Å². The Morgan fingerprint density at radius 1 is 0.529 bits per heavy atom. The van der Waals surface area contributed by atoms with Gasteiger partial charge < -0.3 is 23.7 Å². The SMILES string of the molecule is COCCCCOCOCCCCOCOC. The van der Waals surface area contributed by atoms with Gasteiger partial charge in [0.05, 0.1) is 0 Å². The summed E-state index contributed by atoms with van der Waals surface area (Å²) < 4.78 is 25.4. The molecule has 104 valence electrons. The molecular formula is C12H26O5. The molecule has 0 unspecified atom stereocenters. The molecule has 0 N–H and O–H groups in total. The van der Waals surface area contributed by atoms with Gasteiger partial charge in [0, 0.05) is 40.6 Å². The van der Waals surface area contributed by atoms with Crippen molar-refractivity contribution in [1.82, 2.24) is 0 Å². The summed E-state index contributed by atoms with van der Waals surface area (Å²) in [5.41, 5.74) is 0. The van der Waals surface area contributed by atoms with Gasteiger partial charge in [-0.25, -0.2) is 0 Å². The Kier molecular flexibility index (Phi) is 15.6. The highest BCUT2D eigenvalue weighted by atomic mass is 16.7. The molecule has 0 aromatic heterocycles. The highest BCUT2D eigenvalue weighted by Gasteiger charge is 1.92. The summed E-state index contributed by atoms with van der Waals surface area (Å²) in [7, 11) is 3.33. The van der Waals surface area contributed by atoms with Gasteiger partial charge in [0.1, 0.15) is 13.6 Å². The molecule has 0 aromatic rings. The highest BCUT2D eigenvalue weighted by molar-refractivity contribution is 4.37. The summed E-state index contributed by atoms with van der Waals surface area (Å²) in [6.07, 6.45) is 4.02. The maximum absolute atomic E-state index is 5.31. The molecule has 0 fully saturated rings. The van der Waals surface area contributed by atoms with Gasteiger partial charge in [-0.3, -0.25) is 0 Å². The van der Waals surface area contributed by atoms with E-state index in [0.717, 1.165) is 45.5 Å². The molecule has 0 radical (unpaired) electrons. The molecule has 0 aliphatic heterocycles. The first kappa shape index (κ1) is 16.8. The molecule has 0 bridgehead atoms. The lowest BCUT2D eigenvalue weighted by Crippen LogP contribution is -2.05. The summed E-state index contributed by atoms with van der Waals surface area (Å²) in [5, 5.41) is 0. The zero-order chi connectivity index (χ0) is 12.6. The van der Waals surface area contributed by atoms with E-state index in [0.29, 0.717) is 20.2 Å². The standard InChI is InChI=1S/C12H26O5/c1-13-7-3-4-9-16-12-17-10-6-5-8-15-11-14-2/h3-12H2,1-2H3. The van der Waals surface area contributed by atoms with E-state index in [1.54, 1.807) is 14.2 Å². The molecule has 0 atom stereocenters. The molecule has 5 nitrogen and oxygen atoms in total. The first-order valence-corrected chi connectivity index (χ1v) is 6.13. The van der Waals surface area contributed by atoms with Crippen molar-refractivity contribution in [2.45, 2.75) is 25.7 Å². The van der Waals surface area contributed by atoms with Crippen LogP contribution in [0.2, 0.25) is 0 Å². The first-order chi connectivity index (χ1) is 8.41. The van der Waals surface area contributed by atoms with E-state index in [4.69, 9.17) is 23.7 Å². The average Bonchev–Trinajstić information content (AvgIpc) is 2.35. The predicted octanol–water partition coefficient (Wildman–Crippen LogP) is 1.80. The first-order valence-electron chi connectivity index (χ1n) is 6.13. The van der Waals surface area contributed by atoms with Gasteiger partial charge in [-0.1, -0.05) is 0 Å². The minimum absolute atomic E-state index is 0.367. The monoisotopic (exact) mass is 250 g/mol. The van der Waals surface area contributed by atoms with E-state index in [-0.39, 0.29) is 0 Å². The van der Waals surface area contributed by atoms with Crippen LogP contribution in [0.1, 0.15) is 25.7 Å². The lowest BCUT2D eigenvalue weighted by molar-refractivity contribution is -0.0607. The van der Waals surface area contributed by atoms with Crippen molar-refractivity contribution in [3.63, 3.8) is 0 Å². The zero-order valence-electron chi connectivity index (χ0n) is 11.1. The van der Waals surface area contributed by atoms with Crippen LogP contribution < -0.4 is 0 Å². The van der Waals surface area contributed by atoms with Crippen LogP contribution in [-0.2, 0) is 23.7 Å². The molecule has 0 amide bonds. The normalized spacial score (nSPS) is 10.9. The fourth-order valence-electron chi connectivity index (χ4n) is 1.18. The van der Waals surface area contributed by atoms with Gasteiger partial charge >= 0.3 is 0 Å². The molecular weight excluding hydrogens is 224 g/mol. The summed E-state index contributed by atoms with van der Waals surface area (Å²) in [5.74, 6) is 0. The topological polar surface area (TPSA) is 46.2 Å². The van der Waals surface area contributed by atoms with Crippen LogP contribution >= 0.6 is 0 Å². The van der Waals surface area contributed by atoms with Crippen molar-refractivity contribution >= 4 is 0 Å². The van der Waals surface area contributed by atoms with Gasteiger partial charge in [-0.05, 0) is 25.7 Å². The van der Waals surface area contributed by atoms with Crippen LogP contribution in [0.5, 0.6) is 0 Å². The van der Waals surface area contributed by atoms with Gasteiger partial charge in [0.25, 0.3) is 0 Å². The van der Waals surface area contributed by atoms with Crippen molar-refractivity contribution in [1.29, 1.82) is 0 Å². The molecule has 0 spiro atoms. The highest BCUT2D eigenvalue weighted by Crippen LogP contribution is 1.94. The molecule has 0 rings (SSSR count). The third-order valence-electron chi connectivity index (χ3n) is 2.08. The Morgan fingerprint density at radius 3 is 1.47 bits per heavy atom. The smallest absolute Gasteiger partial charge is 0.146 e. The van der Waals surface area contributed by atoms with Crippen LogP contribution in [0, 0.1) is 0 Å². The van der Waals surface area contributed by atoms with E-state index in [2.05, 4.69) is 0 Å². The maximum Gasteiger partial charge on any atom is 0.146 e. The van der Waals surface area contributed by atoms with E-state index in [1.807, 2.05) is 0 Å². The summed E-state index contributed by atoms with van der Waals surface area (Å²) in [6.45, 7) is 3.72. The minimum atomic E-state index is 0.367. The van der Waals surface area contributed by atoms with Gasteiger partial charge in [-0.15, -0.1) is 0 Å². The third kappa shape index (κ3) is 15.8. The van der Waals surface area contributed by atoms with Crippen LogP contribution in [0.4, 0.5) is 0 Å². The second-order valence-corrected chi connectivity index (χ2v) is 3.66. The van der Waals surface area contributed by atoms with Crippen molar-refractivity contribution in [2.75, 3.05) is 54.2 Å². The Hall–Kier alpha value is -0.200. The lowest BCUT2D eigenvalue weighted by atomic mass is 10.3. The Bertz CT molecular complexity index is 118. The maximum atomic E-state index is 5.31. The van der Waals surface area contributed by atoms with Gasteiger partial charge in [0.15, 0.2) is 0 Å². The fraction of sp³-hybridized carbons (Fsp3) is 1.00. The van der Waals surface area contributed by atoms with Gasteiger partial charge in [0.2, 0.25) is 0 Å². The van der Waals surface area contributed by atoms with Crippen LogP contribution in [0.25, 0.3) is 0 Å². The summed E-state index contributed by atoms with van der Waals surface area (Å²) >= 11 is 0. The van der Waals surface area contributed by atoms with Crippen LogP contribution in [0.15, 0.2) is 0 Å². The molecule has 5 heteroatoms. The van der Waals surface area contributed by atoms with Crippen molar-refractivity contribution in [3.8, 4) is 0 Å². The quantitative estimate of drug-likeness (QED) is 0.347. The fourth-order valence-corrected chi connectivity index (χ4v) is 1.18. The van der Waals surface area contributed by atoms with Crippen molar-refractivity contribution in [3.05, 3.63) is 0 Å². The number of hydrogen-bond acceptors (Lipinski definition) is 5. The number of ether oxygens (including phenoxy) is 5. The van der Waals surface area contributed by atoms with Crippen molar-refractivity contribution < 1.29 is 23.7 Å². The molecule has 0 heterocycles. The number of methoxy groups -OCH3 is 2. The Morgan fingerprint density at radius 2 is 1.00 bits per heavy atom. The molecule has 0 aliphatic carbocycles. The largest absolute Gasteiger partial charge is 0.385 e. The second-order valence-electron chi connectivity index (χ2n) is 3.66. The minimum Gasteiger partial charge on any atom is -0.385 e. The van der Waals surface area contributed by atoms with Crippen molar-refractivity contribution in [2.24, 2.45) is 0 Å². The second kappa shape index (κ2) is 15.8. The van der Waals surface area contributed by atoms with Crippen LogP contribution in [0.3, 0.4) is 0 Å². The Labute approximate surface area is 104 Å². The predicted molar refractivity (Wildman–Crippen MR) is 64.9 cm³/mol. The van der Waals surface area contributed by atoms with Crippen LogP contribution in [-0.4, -0.2) is 54.2 Å². The van der Waals surface area contributed by atoms with E-state index in [1.165, 1.54) is 0 Å². The molecule has 17 heavy (non-hydrogen) atoms. The third-order valence-corrected chi connectivity index (χ3v) is 2.08. The number of rotatable bonds is 14. The van der Waals surface area contributed by atoms with E-state index in [9.17, 15) is 0 Å². The lowest BCUT2D eigenvalue weighted by Gasteiger charge is -2.06. The number of unbranched alkanes of at least 4 members (excludes halogenated alkanes) is 2. The van der Waals surface area contributed by atoms with Gasteiger partial charge in [-0.2, -0.15) is 0 Å². The summed E-state index contributed by atoms with van der Waals surface area (Å²) in [4.78, 5) is 0. The average molecular weight is 250 g/mol. The molecule has 0 saturated carbocycles. The molecule has 0 aliphatic rings. The Balaban J connectivity index is 2.85. The molecule has 0 saturated heterocycles.